The van der Waals surface area contributed by atoms with Crippen molar-refractivity contribution >= 4 is 11.9 Å². The summed E-state index contributed by atoms with van der Waals surface area (Å²) in [5, 5.41) is 18.1. The molecule has 2 aliphatic heterocycles. The maximum Gasteiger partial charge on any atom is 0.414 e. The Morgan fingerprint density at radius 2 is 1.88 bits per heavy atom. The summed E-state index contributed by atoms with van der Waals surface area (Å²) < 4.78 is 16.2. The molecule has 0 aromatic heterocycles. The third kappa shape index (κ3) is 4.74. The van der Waals surface area contributed by atoms with E-state index in [9.17, 15) is 0 Å². The zero-order chi connectivity index (χ0) is 17.5. The Bertz CT molecular complexity index is 588. The summed E-state index contributed by atoms with van der Waals surface area (Å²) in [6.07, 6.45) is 0. The van der Waals surface area contributed by atoms with Crippen LogP contribution < -0.4 is 19.5 Å². The maximum atomic E-state index is 9.10. The fourth-order valence-electron chi connectivity index (χ4n) is 2.40. The summed E-state index contributed by atoms with van der Waals surface area (Å²) in [6.45, 7) is 5.48. The molecule has 132 valence electrons. The Balaban J connectivity index is 0.000000301. The van der Waals surface area contributed by atoms with Gasteiger partial charge in [0, 0.05) is 32.7 Å². The second-order valence-corrected chi connectivity index (χ2v) is 5.17. The second-order valence-electron chi connectivity index (χ2n) is 5.17. The topological polar surface area (TPSA) is 118 Å². The Morgan fingerprint density at radius 3 is 2.46 bits per heavy atom. The highest BCUT2D eigenvalue weighted by atomic mass is 16.7. The van der Waals surface area contributed by atoms with Gasteiger partial charge in [-0.3, -0.25) is 4.90 Å². The van der Waals surface area contributed by atoms with Crippen LogP contribution in [0.25, 0.3) is 0 Å². The molecule has 0 bridgehead atoms. The maximum absolute atomic E-state index is 9.10. The van der Waals surface area contributed by atoms with Crippen molar-refractivity contribution in [2.75, 3.05) is 40.1 Å². The molecule has 3 rings (SSSR count). The van der Waals surface area contributed by atoms with Gasteiger partial charge in [0.15, 0.2) is 11.5 Å². The van der Waals surface area contributed by atoms with Crippen LogP contribution in [-0.4, -0.2) is 67.1 Å². The number of hydrogen-bond donors (Lipinski definition) is 3. The average Bonchev–Trinajstić information content (AvgIpc) is 3.04. The van der Waals surface area contributed by atoms with E-state index in [4.69, 9.17) is 34.0 Å². The predicted octanol–water partition coefficient (Wildman–Crippen LogP) is -0.0153. The molecule has 9 heteroatoms. The lowest BCUT2D eigenvalue weighted by Crippen LogP contribution is -2.42. The van der Waals surface area contributed by atoms with Gasteiger partial charge in [0.1, 0.15) is 0 Å². The van der Waals surface area contributed by atoms with Crippen LogP contribution in [0.3, 0.4) is 0 Å². The largest absolute Gasteiger partial charge is 0.493 e. The van der Waals surface area contributed by atoms with E-state index >= 15 is 0 Å². The fourth-order valence-corrected chi connectivity index (χ4v) is 2.40. The number of carboxylic acids is 2. The summed E-state index contributed by atoms with van der Waals surface area (Å²) in [6, 6.07) is 4.09. The van der Waals surface area contributed by atoms with Crippen LogP contribution in [0.5, 0.6) is 17.2 Å². The Labute approximate surface area is 138 Å². The van der Waals surface area contributed by atoms with Crippen molar-refractivity contribution in [1.29, 1.82) is 0 Å². The lowest BCUT2D eigenvalue weighted by atomic mass is 10.1. The molecule has 1 aromatic rings. The van der Waals surface area contributed by atoms with Crippen molar-refractivity contribution in [1.82, 2.24) is 10.2 Å². The van der Waals surface area contributed by atoms with Gasteiger partial charge in [-0.2, -0.15) is 0 Å². The molecule has 0 spiro atoms. The van der Waals surface area contributed by atoms with Crippen LogP contribution in [0.2, 0.25) is 0 Å². The van der Waals surface area contributed by atoms with Gasteiger partial charge < -0.3 is 29.7 Å². The van der Waals surface area contributed by atoms with Gasteiger partial charge in [-0.1, -0.05) is 0 Å². The van der Waals surface area contributed by atoms with Crippen molar-refractivity contribution in [2.24, 2.45) is 0 Å². The van der Waals surface area contributed by atoms with Gasteiger partial charge in [0.2, 0.25) is 12.5 Å². The SMILES string of the molecule is COc1cc(CN2CCNCC2)cc2c1OCO2.O=C(O)C(=O)O. The van der Waals surface area contributed by atoms with Gasteiger partial charge in [0.25, 0.3) is 0 Å². The second kappa shape index (κ2) is 8.37. The number of methoxy groups -OCH3 is 1. The van der Waals surface area contributed by atoms with Crippen LogP contribution in [0.1, 0.15) is 5.56 Å². The molecule has 0 aliphatic carbocycles. The highest BCUT2D eigenvalue weighted by Crippen LogP contribution is 2.41. The molecule has 3 N–H and O–H groups in total. The molecule has 1 aromatic carbocycles. The molecule has 9 nitrogen and oxygen atoms in total. The van der Waals surface area contributed by atoms with E-state index in [2.05, 4.69) is 10.2 Å². The minimum atomic E-state index is -1.82. The number of aliphatic carboxylic acids is 2. The van der Waals surface area contributed by atoms with Gasteiger partial charge in [0.05, 0.1) is 7.11 Å². The third-order valence-electron chi connectivity index (χ3n) is 3.52. The summed E-state index contributed by atoms with van der Waals surface area (Å²) in [5.74, 6) is -1.37. The number of carbonyl (C=O) groups is 2. The van der Waals surface area contributed by atoms with Crippen LogP contribution in [-0.2, 0) is 16.1 Å². The molecule has 24 heavy (non-hydrogen) atoms. The summed E-state index contributed by atoms with van der Waals surface area (Å²) in [5.41, 5.74) is 1.21. The number of piperazine rings is 1. The van der Waals surface area contributed by atoms with Crippen molar-refractivity contribution < 1.29 is 34.0 Å². The van der Waals surface area contributed by atoms with E-state index in [0.29, 0.717) is 0 Å². The van der Waals surface area contributed by atoms with E-state index in [-0.39, 0.29) is 6.79 Å². The van der Waals surface area contributed by atoms with Crippen molar-refractivity contribution in [3.05, 3.63) is 17.7 Å². The molecule has 0 amide bonds. The number of rotatable bonds is 3. The van der Waals surface area contributed by atoms with E-state index < -0.39 is 11.9 Å². The van der Waals surface area contributed by atoms with Crippen LogP contribution in [0.15, 0.2) is 12.1 Å². The monoisotopic (exact) mass is 340 g/mol. The van der Waals surface area contributed by atoms with Crippen LogP contribution >= 0.6 is 0 Å². The normalized spacial score (nSPS) is 16.0. The number of carboxylic acid groups (broad SMARTS) is 2. The highest BCUT2D eigenvalue weighted by Gasteiger charge is 2.21. The first-order chi connectivity index (χ1) is 11.5. The quantitative estimate of drug-likeness (QED) is 0.653. The summed E-state index contributed by atoms with van der Waals surface area (Å²) in [7, 11) is 1.66. The van der Waals surface area contributed by atoms with Gasteiger partial charge >= 0.3 is 11.9 Å². The number of benzene rings is 1. The number of nitrogens with zero attached hydrogens (tertiary/aromatic N) is 1. The van der Waals surface area contributed by atoms with E-state index in [1.54, 1.807) is 7.11 Å². The molecule has 1 fully saturated rings. The number of ether oxygens (including phenoxy) is 3. The van der Waals surface area contributed by atoms with Crippen molar-refractivity contribution in [3.8, 4) is 17.2 Å². The first kappa shape index (κ1) is 17.8. The van der Waals surface area contributed by atoms with E-state index in [1.165, 1.54) is 5.56 Å². The molecule has 0 unspecified atom stereocenters. The Morgan fingerprint density at radius 1 is 1.21 bits per heavy atom. The molecule has 2 heterocycles. The first-order valence-electron chi connectivity index (χ1n) is 7.37. The first-order valence-corrected chi connectivity index (χ1v) is 7.37. The predicted molar refractivity (Wildman–Crippen MR) is 82.5 cm³/mol. The van der Waals surface area contributed by atoms with Crippen molar-refractivity contribution in [2.45, 2.75) is 6.54 Å². The minimum Gasteiger partial charge on any atom is -0.493 e. The van der Waals surface area contributed by atoms with Crippen LogP contribution in [0, 0.1) is 0 Å². The highest BCUT2D eigenvalue weighted by molar-refractivity contribution is 6.27. The third-order valence-corrected chi connectivity index (χ3v) is 3.52. The summed E-state index contributed by atoms with van der Waals surface area (Å²) in [4.78, 5) is 20.6. The van der Waals surface area contributed by atoms with E-state index in [1.807, 2.05) is 12.1 Å². The van der Waals surface area contributed by atoms with E-state index in [0.717, 1.165) is 50.0 Å². The zero-order valence-electron chi connectivity index (χ0n) is 13.3. The fraction of sp³-hybridized carbons (Fsp3) is 0.467. The molecule has 0 atom stereocenters. The Hall–Kier alpha value is -2.52. The zero-order valence-corrected chi connectivity index (χ0v) is 13.3. The average molecular weight is 340 g/mol. The molecule has 2 aliphatic rings. The standard InChI is InChI=1S/C13H18N2O3.C2H2O4/c1-16-11-6-10(7-12-13(11)18-9-17-12)8-15-4-2-14-3-5-15;3-1(4)2(5)6/h6-7,14H,2-5,8-9H2,1H3;(H,3,4)(H,5,6). The lowest BCUT2D eigenvalue weighted by Gasteiger charge is -2.27. The smallest absolute Gasteiger partial charge is 0.414 e. The number of fused-ring (bicyclic) bond motifs is 1. The Kier molecular flexibility index (Phi) is 6.21. The van der Waals surface area contributed by atoms with Gasteiger partial charge in [-0.15, -0.1) is 0 Å². The molecule has 0 saturated carbocycles. The molecule has 0 radical (unpaired) electrons. The molecule has 1 saturated heterocycles. The molecular weight excluding hydrogens is 320 g/mol. The summed E-state index contributed by atoms with van der Waals surface area (Å²) >= 11 is 0. The minimum absolute atomic E-state index is 0.281. The number of hydrogen-bond acceptors (Lipinski definition) is 7. The molecular formula is C15H20N2O7. The number of nitrogens with one attached hydrogen (secondary N) is 1. The van der Waals surface area contributed by atoms with Gasteiger partial charge in [-0.05, 0) is 17.7 Å². The van der Waals surface area contributed by atoms with Crippen LogP contribution in [0.4, 0.5) is 0 Å². The lowest BCUT2D eigenvalue weighted by molar-refractivity contribution is -0.159. The van der Waals surface area contributed by atoms with Gasteiger partial charge in [-0.25, -0.2) is 9.59 Å². The van der Waals surface area contributed by atoms with Crippen molar-refractivity contribution in [3.63, 3.8) is 0 Å².